The second-order valence-corrected chi connectivity index (χ2v) is 6.69. The summed E-state index contributed by atoms with van der Waals surface area (Å²) in [4.78, 5) is 12.0. The Kier molecular flexibility index (Phi) is 6.69. The van der Waals surface area contributed by atoms with E-state index in [0.29, 0.717) is 31.3 Å². The molecule has 0 spiro atoms. The van der Waals surface area contributed by atoms with E-state index in [9.17, 15) is 4.79 Å². The monoisotopic (exact) mass is 340 g/mol. The molecule has 1 aliphatic rings. The Balaban J connectivity index is 2.00. The van der Waals surface area contributed by atoms with E-state index in [1.54, 1.807) is 0 Å². The van der Waals surface area contributed by atoms with Gasteiger partial charge in [-0.2, -0.15) is 0 Å². The van der Waals surface area contributed by atoms with E-state index >= 15 is 0 Å². The lowest BCUT2D eigenvalue weighted by atomic mass is 9.74. The summed E-state index contributed by atoms with van der Waals surface area (Å²) in [7, 11) is 0. The number of aliphatic hydroxyl groups excluding tert-OH is 1. The number of amides is 2. The van der Waals surface area contributed by atoms with Crippen molar-refractivity contribution in [2.75, 3.05) is 32.9 Å². The molecular formula is C17H25ClN2O3. The number of rotatable bonds is 6. The molecule has 0 saturated carbocycles. The minimum absolute atomic E-state index is 0.0470. The first-order chi connectivity index (χ1) is 11.1. The molecule has 1 heterocycles. The van der Waals surface area contributed by atoms with Crippen LogP contribution in [0.4, 0.5) is 4.79 Å². The van der Waals surface area contributed by atoms with E-state index in [0.717, 1.165) is 18.4 Å². The van der Waals surface area contributed by atoms with Crippen LogP contribution in [0.1, 0.15) is 25.3 Å². The van der Waals surface area contributed by atoms with Gasteiger partial charge in [0.15, 0.2) is 0 Å². The van der Waals surface area contributed by atoms with E-state index in [1.807, 2.05) is 25.1 Å². The fraction of sp³-hybridized carbons (Fsp3) is 0.588. The molecule has 0 aliphatic carbocycles. The number of benzene rings is 1. The van der Waals surface area contributed by atoms with E-state index < -0.39 is 0 Å². The van der Waals surface area contributed by atoms with Crippen LogP contribution in [0.15, 0.2) is 24.3 Å². The number of hydrogen-bond donors (Lipinski definition) is 3. The lowest BCUT2D eigenvalue weighted by molar-refractivity contribution is 0.0506. The van der Waals surface area contributed by atoms with Gasteiger partial charge in [0.25, 0.3) is 0 Å². The minimum atomic E-state index is -0.210. The van der Waals surface area contributed by atoms with Gasteiger partial charge < -0.3 is 20.5 Å². The molecule has 0 aromatic heterocycles. The molecule has 1 fully saturated rings. The zero-order valence-corrected chi connectivity index (χ0v) is 14.2. The smallest absolute Gasteiger partial charge is 0.314 e. The Bertz CT molecular complexity index is 518. The molecular weight excluding hydrogens is 316 g/mol. The summed E-state index contributed by atoms with van der Waals surface area (Å²) in [6, 6.07) is 7.62. The highest BCUT2D eigenvalue weighted by Gasteiger charge is 2.35. The number of ether oxygens (including phenoxy) is 1. The van der Waals surface area contributed by atoms with Crippen molar-refractivity contribution in [3.8, 4) is 0 Å². The SMILES string of the molecule is CC(CO)CNC(=O)NCC1(c2cccc(Cl)c2)CCOCC1. The summed E-state index contributed by atoms with van der Waals surface area (Å²) in [6.45, 7) is 4.29. The Morgan fingerprint density at radius 1 is 1.39 bits per heavy atom. The van der Waals surface area contributed by atoms with Crippen molar-refractivity contribution < 1.29 is 14.6 Å². The number of carbonyl (C=O) groups is 1. The van der Waals surface area contributed by atoms with Gasteiger partial charge in [0, 0.05) is 43.3 Å². The molecule has 1 aromatic rings. The van der Waals surface area contributed by atoms with Gasteiger partial charge in [0.1, 0.15) is 0 Å². The fourth-order valence-electron chi connectivity index (χ4n) is 2.79. The van der Waals surface area contributed by atoms with E-state index in [4.69, 9.17) is 21.4 Å². The number of carbonyl (C=O) groups excluding carboxylic acids is 1. The normalized spacial score (nSPS) is 18.2. The van der Waals surface area contributed by atoms with Crippen LogP contribution in [-0.4, -0.2) is 44.0 Å². The standard InChI is InChI=1S/C17H25ClN2O3/c1-13(11-21)10-19-16(22)20-12-17(5-7-23-8-6-17)14-3-2-4-15(18)9-14/h2-4,9,13,21H,5-8,10-12H2,1H3,(H2,19,20,22). The topological polar surface area (TPSA) is 70.6 Å². The Morgan fingerprint density at radius 2 is 2.13 bits per heavy atom. The van der Waals surface area contributed by atoms with Gasteiger partial charge in [-0.1, -0.05) is 30.7 Å². The van der Waals surface area contributed by atoms with Crippen LogP contribution >= 0.6 is 11.6 Å². The van der Waals surface area contributed by atoms with Gasteiger partial charge in [-0.15, -0.1) is 0 Å². The first-order valence-corrected chi connectivity index (χ1v) is 8.40. The van der Waals surface area contributed by atoms with Crippen molar-refractivity contribution in [1.82, 2.24) is 10.6 Å². The summed E-state index contributed by atoms with van der Waals surface area (Å²) in [5.41, 5.74) is 0.987. The van der Waals surface area contributed by atoms with Crippen LogP contribution in [0.2, 0.25) is 5.02 Å². The van der Waals surface area contributed by atoms with Gasteiger partial charge in [-0.25, -0.2) is 4.79 Å². The molecule has 0 bridgehead atoms. The third-order valence-corrected chi connectivity index (χ3v) is 4.63. The summed E-state index contributed by atoms with van der Waals surface area (Å²) in [5, 5.41) is 15.4. The van der Waals surface area contributed by atoms with Crippen molar-refractivity contribution >= 4 is 17.6 Å². The fourth-order valence-corrected chi connectivity index (χ4v) is 2.98. The largest absolute Gasteiger partial charge is 0.396 e. The summed E-state index contributed by atoms with van der Waals surface area (Å²) in [6.07, 6.45) is 1.70. The maximum absolute atomic E-state index is 12.0. The maximum Gasteiger partial charge on any atom is 0.314 e. The zero-order chi connectivity index (χ0) is 16.7. The summed E-state index contributed by atoms with van der Waals surface area (Å²) in [5.74, 6) is 0.0470. The molecule has 1 aliphatic heterocycles. The second kappa shape index (κ2) is 8.52. The molecule has 3 N–H and O–H groups in total. The first-order valence-electron chi connectivity index (χ1n) is 8.02. The van der Waals surface area contributed by atoms with E-state index in [1.165, 1.54) is 0 Å². The van der Waals surface area contributed by atoms with Gasteiger partial charge in [-0.05, 0) is 36.5 Å². The van der Waals surface area contributed by atoms with Crippen molar-refractivity contribution in [2.24, 2.45) is 5.92 Å². The van der Waals surface area contributed by atoms with Crippen LogP contribution < -0.4 is 10.6 Å². The highest BCUT2D eigenvalue weighted by atomic mass is 35.5. The number of hydrogen-bond acceptors (Lipinski definition) is 3. The average molecular weight is 341 g/mol. The molecule has 0 radical (unpaired) electrons. The number of aliphatic hydroxyl groups is 1. The first kappa shape index (κ1) is 18.0. The minimum Gasteiger partial charge on any atom is -0.396 e. The average Bonchev–Trinajstić information content (AvgIpc) is 2.58. The number of halogens is 1. The molecule has 1 saturated heterocycles. The molecule has 128 valence electrons. The Labute approximate surface area is 142 Å². The Hall–Kier alpha value is -1.30. The molecule has 2 rings (SSSR count). The van der Waals surface area contributed by atoms with Crippen LogP contribution in [0.5, 0.6) is 0 Å². The molecule has 2 amide bonds. The molecule has 6 heteroatoms. The quantitative estimate of drug-likeness (QED) is 0.744. The van der Waals surface area contributed by atoms with Crippen LogP contribution in [0, 0.1) is 5.92 Å². The molecule has 23 heavy (non-hydrogen) atoms. The van der Waals surface area contributed by atoms with Gasteiger partial charge in [0.05, 0.1) is 0 Å². The van der Waals surface area contributed by atoms with Crippen molar-refractivity contribution in [3.05, 3.63) is 34.9 Å². The predicted octanol–water partition coefficient (Wildman–Crippen LogP) is 2.32. The molecule has 5 nitrogen and oxygen atoms in total. The molecule has 1 unspecified atom stereocenters. The van der Waals surface area contributed by atoms with Crippen LogP contribution in [-0.2, 0) is 10.2 Å². The number of urea groups is 1. The third-order valence-electron chi connectivity index (χ3n) is 4.40. The van der Waals surface area contributed by atoms with Crippen molar-refractivity contribution in [3.63, 3.8) is 0 Å². The number of nitrogens with one attached hydrogen (secondary N) is 2. The summed E-state index contributed by atoms with van der Waals surface area (Å²) >= 11 is 6.13. The van der Waals surface area contributed by atoms with Crippen molar-refractivity contribution in [1.29, 1.82) is 0 Å². The molecule has 1 aromatic carbocycles. The van der Waals surface area contributed by atoms with Crippen LogP contribution in [0.25, 0.3) is 0 Å². The van der Waals surface area contributed by atoms with Gasteiger partial charge in [0.2, 0.25) is 0 Å². The Morgan fingerprint density at radius 3 is 2.78 bits per heavy atom. The van der Waals surface area contributed by atoms with E-state index in [2.05, 4.69) is 16.7 Å². The second-order valence-electron chi connectivity index (χ2n) is 6.25. The lowest BCUT2D eigenvalue weighted by Gasteiger charge is -2.38. The molecule has 1 atom stereocenters. The zero-order valence-electron chi connectivity index (χ0n) is 13.5. The van der Waals surface area contributed by atoms with Gasteiger partial charge >= 0.3 is 6.03 Å². The third kappa shape index (κ3) is 5.09. The van der Waals surface area contributed by atoms with Crippen molar-refractivity contribution in [2.45, 2.75) is 25.2 Å². The van der Waals surface area contributed by atoms with Crippen LogP contribution in [0.3, 0.4) is 0 Å². The van der Waals surface area contributed by atoms with Gasteiger partial charge in [-0.3, -0.25) is 0 Å². The lowest BCUT2D eigenvalue weighted by Crippen LogP contribution is -2.48. The summed E-state index contributed by atoms with van der Waals surface area (Å²) < 4.78 is 5.49. The maximum atomic E-state index is 12.0. The highest BCUT2D eigenvalue weighted by molar-refractivity contribution is 6.30. The predicted molar refractivity (Wildman–Crippen MR) is 90.8 cm³/mol. The van der Waals surface area contributed by atoms with E-state index in [-0.39, 0.29) is 24.0 Å². The highest BCUT2D eigenvalue weighted by Crippen LogP contribution is 2.35.